The number of hydrogen-bond acceptors (Lipinski definition) is 5. The molecule has 0 aliphatic rings. The Morgan fingerprint density at radius 3 is 2.50 bits per heavy atom. The summed E-state index contributed by atoms with van der Waals surface area (Å²) in [5, 5.41) is 4.07. The normalized spacial score (nSPS) is 11.8. The lowest BCUT2D eigenvalue weighted by molar-refractivity contribution is -0.133. The second-order valence-electron chi connectivity index (χ2n) is 4.30. The summed E-state index contributed by atoms with van der Waals surface area (Å²) >= 11 is 1.87. The Morgan fingerprint density at radius 2 is 1.91 bits per heavy atom. The average Bonchev–Trinajstić information content (AvgIpc) is 3.14. The molecule has 0 spiro atoms. The molecular weight excluding hydrogens is 333 g/mol. The molecule has 1 aromatic carbocycles. The number of thiophene rings is 1. The molecule has 0 N–H and O–H groups in total. The van der Waals surface area contributed by atoms with Crippen LogP contribution >= 0.6 is 23.1 Å². The minimum Gasteiger partial charge on any atom is -0.332 e. The molecule has 2 aromatic heterocycles. The maximum atomic E-state index is 13.3. The molecule has 8 heteroatoms. The van der Waals surface area contributed by atoms with Crippen molar-refractivity contribution >= 4 is 23.1 Å². The Hall–Kier alpha value is -1.80. The minimum atomic E-state index is -4.43. The Balaban J connectivity index is 2.13. The molecule has 3 nitrogen and oxygen atoms in total. The Kier molecular flexibility index (Phi) is 3.96. The van der Waals surface area contributed by atoms with Crippen molar-refractivity contribution in [3.8, 4) is 21.9 Å². The van der Waals surface area contributed by atoms with Crippen LogP contribution in [-0.2, 0) is 6.18 Å². The van der Waals surface area contributed by atoms with E-state index in [0.29, 0.717) is 26.9 Å². The number of nitrogens with zero attached hydrogens (tertiary/aromatic N) is 2. The third-order valence-corrected chi connectivity index (χ3v) is 4.57. The number of benzene rings is 1. The van der Waals surface area contributed by atoms with Crippen LogP contribution in [-0.4, -0.2) is 16.4 Å². The highest BCUT2D eigenvalue weighted by Crippen LogP contribution is 2.45. The van der Waals surface area contributed by atoms with Crippen LogP contribution in [0.2, 0.25) is 0 Å². The molecule has 3 aromatic rings. The molecular formula is C14H9F3N2OS2. The van der Waals surface area contributed by atoms with E-state index in [1.54, 1.807) is 36.6 Å². The summed E-state index contributed by atoms with van der Waals surface area (Å²) in [6, 6.07) is 9.88. The lowest BCUT2D eigenvalue weighted by Crippen LogP contribution is -2.03. The van der Waals surface area contributed by atoms with Crippen molar-refractivity contribution in [3.63, 3.8) is 0 Å². The van der Waals surface area contributed by atoms with Gasteiger partial charge in [-0.1, -0.05) is 42.1 Å². The highest BCUT2D eigenvalue weighted by atomic mass is 32.2. The third-order valence-electron chi connectivity index (χ3n) is 2.88. The second-order valence-corrected chi connectivity index (χ2v) is 6.13. The van der Waals surface area contributed by atoms with E-state index in [9.17, 15) is 13.2 Å². The maximum Gasteiger partial charge on any atom is 0.426 e. The zero-order valence-electron chi connectivity index (χ0n) is 11.2. The SMILES string of the molecule is CSc1noc(-c2cc(-c3ccccc3)c(C(F)(F)F)s2)n1. The molecule has 0 aliphatic heterocycles. The number of alkyl halides is 3. The summed E-state index contributed by atoms with van der Waals surface area (Å²) in [5.41, 5.74) is 0.624. The van der Waals surface area contributed by atoms with Gasteiger partial charge < -0.3 is 4.52 Å². The molecule has 114 valence electrons. The summed E-state index contributed by atoms with van der Waals surface area (Å²) in [5.74, 6) is 0.0991. The van der Waals surface area contributed by atoms with Crippen molar-refractivity contribution in [2.75, 3.05) is 6.26 Å². The van der Waals surface area contributed by atoms with Crippen LogP contribution in [0, 0.1) is 0 Å². The number of hydrogen-bond donors (Lipinski definition) is 0. The molecule has 0 aliphatic carbocycles. The summed E-state index contributed by atoms with van der Waals surface area (Å²) in [7, 11) is 0. The molecule has 0 unspecified atom stereocenters. The van der Waals surface area contributed by atoms with E-state index in [-0.39, 0.29) is 11.5 Å². The van der Waals surface area contributed by atoms with E-state index >= 15 is 0 Å². The van der Waals surface area contributed by atoms with Crippen molar-refractivity contribution in [1.29, 1.82) is 0 Å². The molecule has 22 heavy (non-hydrogen) atoms. The summed E-state index contributed by atoms with van der Waals surface area (Å²) in [6.07, 6.45) is -2.67. The second kappa shape index (κ2) is 5.77. The van der Waals surface area contributed by atoms with Crippen molar-refractivity contribution in [2.45, 2.75) is 11.3 Å². The number of thioether (sulfide) groups is 1. The van der Waals surface area contributed by atoms with E-state index in [2.05, 4.69) is 10.1 Å². The van der Waals surface area contributed by atoms with Crippen molar-refractivity contribution in [3.05, 3.63) is 41.3 Å². The van der Waals surface area contributed by atoms with Gasteiger partial charge >= 0.3 is 6.18 Å². The highest BCUT2D eigenvalue weighted by Gasteiger charge is 2.37. The molecule has 0 saturated carbocycles. The molecule has 0 amide bonds. The van der Waals surface area contributed by atoms with Gasteiger partial charge in [-0.05, 0) is 23.0 Å². The molecule has 0 bridgehead atoms. The minimum absolute atomic E-state index is 0.0991. The fraction of sp³-hybridized carbons (Fsp3) is 0.143. The molecule has 0 atom stereocenters. The molecule has 0 fully saturated rings. The fourth-order valence-corrected chi connectivity index (χ4v) is 3.19. The Morgan fingerprint density at radius 1 is 1.18 bits per heavy atom. The standard InChI is InChI=1S/C14H9F3N2OS2/c1-21-13-18-12(20-19-13)10-7-9(8-5-3-2-4-6-8)11(22-10)14(15,16)17/h2-7H,1H3. The molecule has 2 heterocycles. The number of halogens is 3. The van der Waals surface area contributed by atoms with Crippen molar-refractivity contribution < 1.29 is 17.7 Å². The maximum absolute atomic E-state index is 13.3. The monoisotopic (exact) mass is 342 g/mol. The highest BCUT2D eigenvalue weighted by molar-refractivity contribution is 7.98. The lowest BCUT2D eigenvalue weighted by atomic mass is 10.1. The van der Waals surface area contributed by atoms with Crippen LogP contribution < -0.4 is 0 Å². The number of aromatic nitrogens is 2. The first kappa shape index (κ1) is 15.1. The third kappa shape index (κ3) is 2.89. The van der Waals surface area contributed by atoms with E-state index in [1.807, 2.05) is 0 Å². The average molecular weight is 342 g/mol. The predicted octanol–water partition coefficient (Wildman–Crippen LogP) is 5.21. The quantitative estimate of drug-likeness (QED) is 0.613. The first-order valence-electron chi connectivity index (χ1n) is 6.13. The van der Waals surface area contributed by atoms with Gasteiger partial charge in [-0.15, -0.1) is 11.3 Å². The zero-order valence-corrected chi connectivity index (χ0v) is 12.9. The van der Waals surface area contributed by atoms with Crippen LogP contribution in [0.5, 0.6) is 0 Å². The van der Waals surface area contributed by atoms with Gasteiger partial charge in [0.05, 0.1) is 4.88 Å². The van der Waals surface area contributed by atoms with E-state index in [0.717, 1.165) is 0 Å². The first-order valence-corrected chi connectivity index (χ1v) is 8.17. The van der Waals surface area contributed by atoms with Crippen LogP contribution in [0.25, 0.3) is 21.9 Å². The largest absolute Gasteiger partial charge is 0.426 e. The Bertz CT molecular complexity index is 781. The van der Waals surface area contributed by atoms with E-state index in [1.165, 1.54) is 17.8 Å². The van der Waals surface area contributed by atoms with Crippen LogP contribution in [0.1, 0.15) is 4.88 Å². The van der Waals surface area contributed by atoms with Gasteiger partial charge in [0.2, 0.25) is 5.16 Å². The Labute approximate surface area is 132 Å². The van der Waals surface area contributed by atoms with Crippen molar-refractivity contribution in [2.24, 2.45) is 0 Å². The lowest BCUT2D eigenvalue weighted by Gasteiger charge is -2.07. The predicted molar refractivity (Wildman–Crippen MR) is 79.8 cm³/mol. The first-order chi connectivity index (χ1) is 10.5. The van der Waals surface area contributed by atoms with Gasteiger partial charge in [0.25, 0.3) is 5.89 Å². The van der Waals surface area contributed by atoms with Crippen LogP contribution in [0.4, 0.5) is 13.2 Å². The molecule has 0 saturated heterocycles. The number of rotatable bonds is 3. The zero-order chi connectivity index (χ0) is 15.7. The van der Waals surface area contributed by atoms with Gasteiger partial charge in [0, 0.05) is 5.56 Å². The molecule has 3 rings (SSSR count). The van der Waals surface area contributed by atoms with Gasteiger partial charge in [-0.2, -0.15) is 18.2 Å². The smallest absolute Gasteiger partial charge is 0.332 e. The van der Waals surface area contributed by atoms with Gasteiger partial charge in [0.1, 0.15) is 4.88 Å². The summed E-state index contributed by atoms with van der Waals surface area (Å²) < 4.78 is 44.8. The van der Waals surface area contributed by atoms with Crippen molar-refractivity contribution in [1.82, 2.24) is 10.1 Å². The van der Waals surface area contributed by atoms with Crippen LogP contribution in [0.15, 0.2) is 46.1 Å². The summed E-state index contributed by atoms with van der Waals surface area (Å²) in [4.78, 5) is 3.69. The van der Waals surface area contributed by atoms with E-state index in [4.69, 9.17) is 4.52 Å². The van der Waals surface area contributed by atoms with Gasteiger partial charge in [0.15, 0.2) is 0 Å². The van der Waals surface area contributed by atoms with Gasteiger partial charge in [-0.25, -0.2) is 0 Å². The fourth-order valence-electron chi connectivity index (χ4n) is 1.93. The van der Waals surface area contributed by atoms with Crippen LogP contribution in [0.3, 0.4) is 0 Å². The molecule has 0 radical (unpaired) electrons. The topological polar surface area (TPSA) is 38.9 Å². The summed E-state index contributed by atoms with van der Waals surface area (Å²) in [6.45, 7) is 0. The van der Waals surface area contributed by atoms with Gasteiger partial charge in [-0.3, -0.25) is 0 Å². The van der Waals surface area contributed by atoms with E-state index < -0.39 is 11.1 Å².